The molecule has 0 fully saturated rings. The Morgan fingerprint density at radius 2 is 2.18 bits per heavy atom. The van der Waals surface area contributed by atoms with Gasteiger partial charge in [0.05, 0.1) is 11.6 Å². The maximum atomic E-state index is 9.16. The molecule has 96 valence electrons. The number of aliphatic hydroxyl groups is 2. The summed E-state index contributed by atoms with van der Waals surface area (Å²) in [7, 11) is 1.88. The second kappa shape index (κ2) is 6.81. The summed E-state index contributed by atoms with van der Waals surface area (Å²) in [6, 6.07) is 5.71. The average Bonchev–Trinajstić information content (AvgIpc) is 2.35. The Balaban J connectivity index is 2.69. The topological polar surface area (TPSA) is 61.7 Å². The lowest BCUT2D eigenvalue weighted by atomic mass is 10.1. The predicted molar refractivity (Wildman–Crippen MR) is 67.5 cm³/mol. The molecule has 1 aromatic carbocycles. The van der Waals surface area contributed by atoms with Crippen LogP contribution in [0.25, 0.3) is 0 Å². The molecule has 0 spiro atoms. The zero-order valence-corrected chi connectivity index (χ0v) is 10.7. The fourth-order valence-corrected chi connectivity index (χ4v) is 1.55. The molecule has 0 amide bonds. The summed E-state index contributed by atoms with van der Waals surface area (Å²) in [5, 5.41) is 21.4. The summed E-state index contributed by atoms with van der Waals surface area (Å²) >= 11 is 6.06. The number of benzene rings is 1. The number of hydrogen-bond acceptors (Lipinski definition) is 4. The molecule has 2 unspecified atom stereocenters. The van der Waals surface area contributed by atoms with Crippen molar-refractivity contribution in [3.05, 3.63) is 28.8 Å². The van der Waals surface area contributed by atoms with Gasteiger partial charge in [-0.15, -0.1) is 0 Å². The Labute approximate surface area is 106 Å². The van der Waals surface area contributed by atoms with Crippen LogP contribution in [0, 0.1) is 0 Å². The van der Waals surface area contributed by atoms with Gasteiger partial charge in [0.1, 0.15) is 18.5 Å². The highest BCUT2D eigenvalue weighted by Crippen LogP contribution is 2.27. The zero-order chi connectivity index (χ0) is 12.8. The highest BCUT2D eigenvalue weighted by molar-refractivity contribution is 6.32. The van der Waals surface area contributed by atoms with E-state index in [2.05, 4.69) is 5.32 Å². The van der Waals surface area contributed by atoms with Crippen LogP contribution in [0.3, 0.4) is 0 Å². The van der Waals surface area contributed by atoms with Gasteiger partial charge in [-0.05, 0) is 31.7 Å². The molecule has 1 aromatic rings. The van der Waals surface area contributed by atoms with Crippen LogP contribution in [0.1, 0.15) is 18.5 Å². The molecule has 4 nitrogen and oxygen atoms in total. The van der Waals surface area contributed by atoms with E-state index in [9.17, 15) is 0 Å². The maximum absolute atomic E-state index is 9.16. The largest absolute Gasteiger partial charge is 0.489 e. The Bertz CT molecular complexity index is 360. The molecule has 17 heavy (non-hydrogen) atoms. The molecule has 0 heterocycles. The monoisotopic (exact) mass is 259 g/mol. The van der Waals surface area contributed by atoms with Gasteiger partial charge in [-0.3, -0.25) is 0 Å². The number of aliphatic hydroxyl groups excluding tert-OH is 2. The zero-order valence-electron chi connectivity index (χ0n) is 9.98. The molecule has 0 bridgehead atoms. The molecule has 0 radical (unpaired) electrons. The number of rotatable bonds is 6. The van der Waals surface area contributed by atoms with E-state index in [-0.39, 0.29) is 19.3 Å². The van der Waals surface area contributed by atoms with Gasteiger partial charge in [-0.25, -0.2) is 0 Å². The van der Waals surface area contributed by atoms with Gasteiger partial charge in [-0.2, -0.15) is 0 Å². The van der Waals surface area contributed by atoms with Crippen molar-refractivity contribution in [3.63, 3.8) is 0 Å². The fourth-order valence-electron chi connectivity index (χ4n) is 1.31. The first kappa shape index (κ1) is 14.3. The summed E-state index contributed by atoms with van der Waals surface area (Å²) < 4.78 is 5.30. The van der Waals surface area contributed by atoms with Crippen molar-refractivity contribution in [1.82, 2.24) is 5.32 Å². The van der Waals surface area contributed by atoms with Crippen LogP contribution in [0.2, 0.25) is 5.02 Å². The molecule has 0 aromatic heterocycles. The lowest BCUT2D eigenvalue weighted by molar-refractivity contribution is 0.0536. The van der Waals surface area contributed by atoms with Crippen molar-refractivity contribution >= 4 is 11.6 Å². The van der Waals surface area contributed by atoms with Gasteiger partial charge in [0.25, 0.3) is 0 Å². The minimum atomic E-state index is -0.887. The molecular weight excluding hydrogens is 242 g/mol. The van der Waals surface area contributed by atoms with Crippen molar-refractivity contribution < 1.29 is 14.9 Å². The van der Waals surface area contributed by atoms with Crippen LogP contribution < -0.4 is 10.1 Å². The fraction of sp³-hybridized carbons (Fsp3) is 0.500. The van der Waals surface area contributed by atoms with Crippen LogP contribution in [0.4, 0.5) is 0 Å². The molecule has 0 saturated carbocycles. The van der Waals surface area contributed by atoms with Gasteiger partial charge in [0.2, 0.25) is 0 Å². The van der Waals surface area contributed by atoms with E-state index in [4.69, 9.17) is 26.6 Å². The van der Waals surface area contributed by atoms with E-state index < -0.39 is 6.10 Å². The Kier molecular flexibility index (Phi) is 5.71. The molecule has 1 rings (SSSR count). The number of halogens is 1. The highest BCUT2D eigenvalue weighted by atomic mass is 35.5. The molecule has 0 aliphatic carbocycles. The molecule has 2 atom stereocenters. The van der Waals surface area contributed by atoms with Gasteiger partial charge >= 0.3 is 0 Å². The minimum Gasteiger partial charge on any atom is -0.489 e. The number of nitrogens with one attached hydrogen (secondary N) is 1. The van der Waals surface area contributed by atoms with Gasteiger partial charge in [-0.1, -0.05) is 17.7 Å². The lowest BCUT2D eigenvalue weighted by Gasteiger charge is -2.14. The van der Waals surface area contributed by atoms with Crippen molar-refractivity contribution in [2.24, 2.45) is 0 Å². The minimum absolute atomic E-state index is 0.0249. The molecule has 0 saturated heterocycles. The Morgan fingerprint density at radius 1 is 1.47 bits per heavy atom. The second-order valence-electron chi connectivity index (χ2n) is 3.85. The molecule has 0 aliphatic heterocycles. The molecule has 5 heteroatoms. The summed E-state index contributed by atoms with van der Waals surface area (Å²) in [5.41, 5.74) is 1.06. The third-order valence-electron chi connectivity index (χ3n) is 2.53. The predicted octanol–water partition coefficient (Wildman–Crippen LogP) is 1.35. The summed E-state index contributed by atoms with van der Waals surface area (Å²) in [4.78, 5) is 0. The van der Waals surface area contributed by atoms with Gasteiger partial charge in [0, 0.05) is 6.04 Å². The van der Waals surface area contributed by atoms with E-state index in [1.807, 2.05) is 26.1 Å². The van der Waals surface area contributed by atoms with Gasteiger partial charge in [0.15, 0.2) is 0 Å². The lowest BCUT2D eigenvalue weighted by Crippen LogP contribution is -2.21. The third-order valence-corrected chi connectivity index (χ3v) is 2.83. The van der Waals surface area contributed by atoms with Crippen LogP contribution in [0.5, 0.6) is 5.75 Å². The molecular formula is C12H18ClNO3. The van der Waals surface area contributed by atoms with E-state index in [0.29, 0.717) is 10.8 Å². The number of hydrogen-bond donors (Lipinski definition) is 3. The number of ether oxygens (including phenoxy) is 1. The van der Waals surface area contributed by atoms with Gasteiger partial charge < -0.3 is 20.3 Å². The average molecular weight is 260 g/mol. The van der Waals surface area contributed by atoms with E-state index in [1.54, 1.807) is 6.07 Å². The van der Waals surface area contributed by atoms with Crippen molar-refractivity contribution in [3.8, 4) is 5.75 Å². The molecule has 0 aliphatic rings. The quantitative estimate of drug-likeness (QED) is 0.722. The first-order valence-electron chi connectivity index (χ1n) is 5.47. The standard InChI is InChI=1S/C12H18ClNO3/c1-8(14-2)9-3-4-12(11(13)5-9)17-7-10(16)6-15/h3-5,8,10,14-16H,6-7H2,1-2H3. The summed E-state index contributed by atoms with van der Waals surface area (Å²) in [6.45, 7) is 1.73. The van der Waals surface area contributed by atoms with Crippen molar-refractivity contribution in [2.45, 2.75) is 19.1 Å². The van der Waals surface area contributed by atoms with Crippen LogP contribution in [0.15, 0.2) is 18.2 Å². The summed E-state index contributed by atoms with van der Waals surface area (Å²) in [5.74, 6) is 0.506. The molecule has 3 N–H and O–H groups in total. The first-order chi connectivity index (χ1) is 8.08. The second-order valence-corrected chi connectivity index (χ2v) is 4.25. The van der Waals surface area contributed by atoms with Crippen LogP contribution >= 0.6 is 11.6 Å². The first-order valence-corrected chi connectivity index (χ1v) is 5.84. The van der Waals surface area contributed by atoms with Crippen molar-refractivity contribution in [1.29, 1.82) is 0 Å². The summed E-state index contributed by atoms with van der Waals surface area (Å²) in [6.07, 6.45) is -0.887. The van der Waals surface area contributed by atoms with E-state index in [1.165, 1.54) is 0 Å². The van der Waals surface area contributed by atoms with Crippen LogP contribution in [-0.2, 0) is 0 Å². The highest BCUT2D eigenvalue weighted by Gasteiger charge is 2.09. The maximum Gasteiger partial charge on any atom is 0.138 e. The van der Waals surface area contributed by atoms with E-state index >= 15 is 0 Å². The normalized spacial score (nSPS) is 14.4. The SMILES string of the molecule is CNC(C)c1ccc(OCC(O)CO)c(Cl)c1. The smallest absolute Gasteiger partial charge is 0.138 e. The van der Waals surface area contributed by atoms with E-state index in [0.717, 1.165) is 5.56 Å². The van der Waals surface area contributed by atoms with Crippen LogP contribution in [-0.4, -0.2) is 36.6 Å². The third kappa shape index (κ3) is 4.16. The Morgan fingerprint density at radius 3 is 2.71 bits per heavy atom. The Hall–Kier alpha value is -0.810. The van der Waals surface area contributed by atoms with Crippen molar-refractivity contribution in [2.75, 3.05) is 20.3 Å².